The summed E-state index contributed by atoms with van der Waals surface area (Å²) < 4.78 is 0. The Morgan fingerprint density at radius 1 is 1.41 bits per heavy atom. The van der Waals surface area contributed by atoms with Gasteiger partial charge >= 0.3 is 5.97 Å². The summed E-state index contributed by atoms with van der Waals surface area (Å²) >= 11 is 1.87. The van der Waals surface area contributed by atoms with Crippen LogP contribution in [0.3, 0.4) is 0 Å². The molecule has 1 N–H and O–H groups in total. The van der Waals surface area contributed by atoms with Gasteiger partial charge in [-0.2, -0.15) is 11.8 Å². The lowest BCUT2D eigenvalue weighted by molar-refractivity contribution is -0.139. The van der Waals surface area contributed by atoms with Crippen LogP contribution < -0.4 is 0 Å². The van der Waals surface area contributed by atoms with Crippen LogP contribution in [-0.4, -0.2) is 22.6 Å². The van der Waals surface area contributed by atoms with Gasteiger partial charge in [0.05, 0.1) is 5.92 Å². The molecular weight excluding hydrogens is 232 g/mol. The van der Waals surface area contributed by atoms with Crippen LogP contribution in [0.4, 0.5) is 0 Å². The molecule has 0 bridgehead atoms. The molecule has 0 aliphatic carbocycles. The number of hydrogen-bond acceptors (Lipinski definition) is 2. The molecule has 1 aromatic rings. The van der Waals surface area contributed by atoms with Crippen LogP contribution in [0.1, 0.15) is 36.8 Å². The van der Waals surface area contributed by atoms with Gasteiger partial charge in [0.15, 0.2) is 0 Å². The van der Waals surface area contributed by atoms with Crippen molar-refractivity contribution in [2.75, 3.05) is 11.5 Å². The Morgan fingerprint density at radius 2 is 2.12 bits per heavy atom. The van der Waals surface area contributed by atoms with Gasteiger partial charge in [0, 0.05) is 0 Å². The van der Waals surface area contributed by atoms with Crippen molar-refractivity contribution in [2.45, 2.75) is 32.6 Å². The summed E-state index contributed by atoms with van der Waals surface area (Å²) in [5.74, 6) is 1.09. The van der Waals surface area contributed by atoms with Gasteiger partial charge in [-0.25, -0.2) is 0 Å². The highest BCUT2D eigenvalue weighted by atomic mass is 32.2. The molecule has 0 aromatic heterocycles. The lowest BCUT2D eigenvalue weighted by atomic mass is 9.91. The van der Waals surface area contributed by atoms with Crippen LogP contribution in [0, 0.1) is 6.92 Å². The second-order valence-electron chi connectivity index (χ2n) is 4.09. The number of carboxylic acid groups (broad SMARTS) is 1. The first-order chi connectivity index (χ1) is 8.16. The minimum Gasteiger partial charge on any atom is -0.481 e. The highest BCUT2D eigenvalue weighted by Crippen LogP contribution is 2.25. The molecule has 17 heavy (non-hydrogen) atoms. The minimum absolute atomic E-state index is 0.353. The Labute approximate surface area is 107 Å². The average Bonchev–Trinajstić information content (AvgIpc) is 2.30. The van der Waals surface area contributed by atoms with E-state index in [9.17, 15) is 9.90 Å². The van der Waals surface area contributed by atoms with Crippen molar-refractivity contribution in [3.05, 3.63) is 35.4 Å². The van der Waals surface area contributed by atoms with Crippen LogP contribution in [0.15, 0.2) is 24.3 Å². The highest BCUT2D eigenvalue weighted by molar-refractivity contribution is 7.99. The molecule has 0 saturated carbocycles. The third-order valence-electron chi connectivity index (χ3n) is 2.85. The zero-order chi connectivity index (χ0) is 12.7. The van der Waals surface area contributed by atoms with Crippen molar-refractivity contribution < 1.29 is 9.90 Å². The summed E-state index contributed by atoms with van der Waals surface area (Å²) in [4.78, 5) is 11.3. The number of carbonyl (C=O) groups is 1. The fraction of sp³-hybridized carbons (Fsp3) is 0.500. The number of aryl methyl sites for hydroxylation is 1. The monoisotopic (exact) mass is 252 g/mol. The molecule has 1 rings (SSSR count). The normalized spacial score (nSPS) is 12.4. The smallest absolute Gasteiger partial charge is 0.310 e. The molecule has 0 amide bonds. The van der Waals surface area contributed by atoms with Crippen molar-refractivity contribution in [1.29, 1.82) is 0 Å². The summed E-state index contributed by atoms with van der Waals surface area (Å²) in [6.07, 6.45) is 1.69. The quantitative estimate of drug-likeness (QED) is 0.752. The van der Waals surface area contributed by atoms with Crippen LogP contribution in [0.25, 0.3) is 0 Å². The number of hydrogen-bond donors (Lipinski definition) is 1. The van der Waals surface area contributed by atoms with E-state index in [0.717, 1.165) is 35.5 Å². The first-order valence-electron chi connectivity index (χ1n) is 6.03. The topological polar surface area (TPSA) is 37.3 Å². The van der Waals surface area contributed by atoms with E-state index >= 15 is 0 Å². The molecule has 1 unspecified atom stereocenters. The van der Waals surface area contributed by atoms with E-state index in [1.54, 1.807) is 0 Å². The Bertz CT molecular complexity index is 363. The third kappa shape index (κ3) is 4.43. The van der Waals surface area contributed by atoms with Crippen molar-refractivity contribution >= 4 is 17.7 Å². The molecule has 1 atom stereocenters. The second-order valence-corrected chi connectivity index (χ2v) is 5.48. The molecular formula is C14H20O2S. The van der Waals surface area contributed by atoms with Gasteiger partial charge in [0.1, 0.15) is 0 Å². The molecule has 0 radical (unpaired) electrons. The number of rotatable bonds is 7. The van der Waals surface area contributed by atoms with Crippen LogP contribution in [-0.2, 0) is 4.79 Å². The molecule has 0 aliphatic rings. The minimum atomic E-state index is -0.708. The van der Waals surface area contributed by atoms with Crippen LogP contribution in [0.2, 0.25) is 0 Å². The van der Waals surface area contributed by atoms with Crippen molar-refractivity contribution in [3.63, 3.8) is 0 Å². The number of carboxylic acids is 1. The molecule has 0 spiro atoms. The summed E-state index contributed by atoms with van der Waals surface area (Å²) in [6.45, 7) is 4.10. The number of aliphatic carboxylic acids is 1. The summed E-state index contributed by atoms with van der Waals surface area (Å²) in [5, 5.41) is 9.30. The Morgan fingerprint density at radius 3 is 2.71 bits per heavy atom. The van der Waals surface area contributed by atoms with E-state index in [4.69, 9.17) is 0 Å². The van der Waals surface area contributed by atoms with Gasteiger partial charge in [-0.05, 0) is 42.4 Å². The highest BCUT2D eigenvalue weighted by Gasteiger charge is 2.20. The first kappa shape index (κ1) is 14.1. The van der Waals surface area contributed by atoms with Gasteiger partial charge in [-0.15, -0.1) is 0 Å². The summed E-state index contributed by atoms with van der Waals surface area (Å²) in [6, 6.07) is 7.77. The Hall–Kier alpha value is -0.960. The zero-order valence-corrected chi connectivity index (χ0v) is 11.3. The van der Waals surface area contributed by atoms with Crippen molar-refractivity contribution in [2.24, 2.45) is 0 Å². The summed E-state index contributed by atoms with van der Waals surface area (Å²) in [7, 11) is 0. The molecule has 0 aliphatic heterocycles. The third-order valence-corrected chi connectivity index (χ3v) is 3.83. The molecule has 1 aromatic carbocycles. The van der Waals surface area contributed by atoms with Crippen LogP contribution in [0.5, 0.6) is 0 Å². The maximum atomic E-state index is 11.3. The SMILES string of the molecule is CCSCCCC(C(=O)O)c1ccccc1C. The van der Waals surface area contributed by atoms with Gasteiger partial charge in [0.25, 0.3) is 0 Å². The fourth-order valence-corrected chi connectivity index (χ4v) is 2.58. The second kappa shape index (κ2) is 7.38. The molecule has 0 heterocycles. The molecule has 0 fully saturated rings. The van der Waals surface area contributed by atoms with E-state index in [2.05, 4.69) is 6.92 Å². The maximum Gasteiger partial charge on any atom is 0.310 e. The molecule has 3 heteroatoms. The largest absolute Gasteiger partial charge is 0.481 e. The predicted molar refractivity (Wildman–Crippen MR) is 73.8 cm³/mol. The predicted octanol–water partition coefficient (Wildman–Crippen LogP) is 3.70. The summed E-state index contributed by atoms with van der Waals surface area (Å²) in [5.41, 5.74) is 2.03. The molecule has 94 valence electrons. The van der Waals surface area contributed by atoms with E-state index in [1.165, 1.54) is 0 Å². The van der Waals surface area contributed by atoms with Gasteiger partial charge in [-0.3, -0.25) is 4.79 Å². The zero-order valence-electron chi connectivity index (χ0n) is 10.5. The Balaban J connectivity index is 2.66. The first-order valence-corrected chi connectivity index (χ1v) is 7.18. The molecule has 0 saturated heterocycles. The fourth-order valence-electron chi connectivity index (χ4n) is 1.92. The number of benzene rings is 1. The lowest BCUT2D eigenvalue weighted by Gasteiger charge is -2.14. The van der Waals surface area contributed by atoms with Crippen molar-refractivity contribution in [1.82, 2.24) is 0 Å². The standard InChI is InChI=1S/C14H20O2S/c1-3-17-10-6-9-13(14(15)16)12-8-5-4-7-11(12)2/h4-5,7-8,13H,3,6,9-10H2,1-2H3,(H,15,16). The van der Waals surface area contributed by atoms with E-state index in [0.29, 0.717) is 0 Å². The Kier molecular flexibility index (Phi) is 6.12. The van der Waals surface area contributed by atoms with Gasteiger partial charge in [0.2, 0.25) is 0 Å². The molecule has 2 nitrogen and oxygen atoms in total. The van der Waals surface area contributed by atoms with Crippen molar-refractivity contribution in [3.8, 4) is 0 Å². The van der Waals surface area contributed by atoms with Crippen LogP contribution >= 0.6 is 11.8 Å². The van der Waals surface area contributed by atoms with E-state index < -0.39 is 5.97 Å². The van der Waals surface area contributed by atoms with Gasteiger partial charge < -0.3 is 5.11 Å². The van der Waals surface area contributed by atoms with Gasteiger partial charge in [-0.1, -0.05) is 31.2 Å². The average molecular weight is 252 g/mol. The lowest BCUT2D eigenvalue weighted by Crippen LogP contribution is -2.13. The number of thioether (sulfide) groups is 1. The maximum absolute atomic E-state index is 11.3. The van der Waals surface area contributed by atoms with E-state index in [-0.39, 0.29) is 5.92 Å². The van der Waals surface area contributed by atoms with E-state index in [1.807, 2.05) is 43.0 Å².